The van der Waals surface area contributed by atoms with Crippen LogP contribution in [-0.4, -0.2) is 16.8 Å². The molecule has 3 nitrogen and oxygen atoms in total. The summed E-state index contributed by atoms with van der Waals surface area (Å²) in [5, 5.41) is 0. The predicted octanol–water partition coefficient (Wildman–Crippen LogP) is 1.71. The van der Waals surface area contributed by atoms with Gasteiger partial charge in [0.15, 0.2) is 0 Å². The molecule has 0 radical (unpaired) electrons. The second-order valence-electron chi connectivity index (χ2n) is 3.83. The fourth-order valence-corrected chi connectivity index (χ4v) is 1.57. The van der Waals surface area contributed by atoms with Gasteiger partial charge >= 0.3 is 0 Å². The van der Waals surface area contributed by atoms with Gasteiger partial charge in [-0.05, 0) is 18.1 Å². The van der Waals surface area contributed by atoms with E-state index in [0.717, 1.165) is 18.4 Å². The summed E-state index contributed by atoms with van der Waals surface area (Å²) in [6, 6.07) is 3.77. The van der Waals surface area contributed by atoms with Crippen LogP contribution in [0, 0.1) is 0 Å². The van der Waals surface area contributed by atoms with E-state index in [4.69, 9.17) is 5.73 Å². The number of Topliss-reactive ketones (excluding diaryl/α,β-unsaturated/α-hetero) is 1. The third kappa shape index (κ3) is 4.70. The van der Waals surface area contributed by atoms with Gasteiger partial charge in [-0.2, -0.15) is 0 Å². The molecule has 3 heteroatoms. The molecule has 0 fully saturated rings. The molecule has 1 aromatic rings. The van der Waals surface area contributed by atoms with Crippen molar-refractivity contribution in [1.29, 1.82) is 0 Å². The van der Waals surface area contributed by atoms with E-state index in [1.54, 1.807) is 12.4 Å². The molecule has 0 aliphatic carbocycles. The van der Waals surface area contributed by atoms with Crippen molar-refractivity contribution in [3.63, 3.8) is 0 Å². The molecule has 0 spiro atoms. The number of aromatic nitrogens is 1. The Morgan fingerprint density at radius 1 is 1.60 bits per heavy atom. The Morgan fingerprint density at radius 3 is 3.00 bits per heavy atom. The zero-order valence-electron chi connectivity index (χ0n) is 9.15. The number of ketones is 1. The van der Waals surface area contributed by atoms with Crippen LogP contribution in [0.5, 0.6) is 0 Å². The number of rotatable bonds is 6. The molecule has 0 saturated heterocycles. The van der Waals surface area contributed by atoms with Crippen LogP contribution in [0.25, 0.3) is 0 Å². The van der Waals surface area contributed by atoms with Crippen LogP contribution in [-0.2, 0) is 11.2 Å². The van der Waals surface area contributed by atoms with E-state index in [2.05, 4.69) is 11.9 Å². The molecular formula is C12H18N2O. The molecule has 15 heavy (non-hydrogen) atoms. The highest BCUT2D eigenvalue weighted by molar-refractivity contribution is 5.81. The molecule has 0 bridgehead atoms. The molecule has 0 aliphatic rings. The Morgan fingerprint density at radius 2 is 2.40 bits per heavy atom. The maximum Gasteiger partial charge on any atom is 0.138 e. The molecule has 0 amide bonds. The highest BCUT2D eigenvalue weighted by Crippen LogP contribution is 2.04. The third-order valence-corrected chi connectivity index (χ3v) is 2.27. The van der Waals surface area contributed by atoms with Gasteiger partial charge in [-0.15, -0.1) is 0 Å². The van der Waals surface area contributed by atoms with Crippen molar-refractivity contribution >= 4 is 5.78 Å². The minimum absolute atomic E-state index is 0.0131. The van der Waals surface area contributed by atoms with Crippen LogP contribution < -0.4 is 5.73 Å². The largest absolute Gasteiger partial charge is 0.327 e. The van der Waals surface area contributed by atoms with Gasteiger partial charge in [0.25, 0.3) is 0 Å². The quantitative estimate of drug-likeness (QED) is 0.771. The number of nitrogens with two attached hydrogens (primary N) is 1. The lowest BCUT2D eigenvalue weighted by Crippen LogP contribution is -2.24. The Bertz CT molecular complexity index is 298. The lowest BCUT2D eigenvalue weighted by Gasteiger charge is -2.08. The zero-order chi connectivity index (χ0) is 11.1. The topological polar surface area (TPSA) is 56.0 Å². The van der Waals surface area contributed by atoms with Crippen LogP contribution in [0.1, 0.15) is 31.7 Å². The summed E-state index contributed by atoms with van der Waals surface area (Å²) in [5.41, 5.74) is 6.77. The lowest BCUT2D eigenvalue weighted by atomic mass is 10.0. The fraction of sp³-hybridized carbons (Fsp3) is 0.500. The van der Waals surface area contributed by atoms with E-state index in [0.29, 0.717) is 12.8 Å². The van der Waals surface area contributed by atoms with E-state index in [9.17, 15) is 4.79 Å². The fourth-order valence-electron chi connectivity index (χ4n) is 1.57. The molecule has 1 heterocycles. The van der Waals surface area contributed by atoms with Crippen molar-refractivity contribution in [2.24, 2.45) is 5.73 Å². The molecule has 0 saturated carbocycles. The van der Waals surface area contributed by atoms with Crippen molar-refractivity contribution in [3.8, 4) is 0 Å². The highest BCUT2D eigenvalue weighted by Gasteiger charge is 2.09. The Hall–Kier alpha value is -1.22. The first-order chi connectivity index (χ1) is 7.22. The maximum atomic E-state index is 11.6. The smallest absolute Gasteiger partial charge is 0.138 e. The lowest BCUT2D eigenvalue weighted by molar-refractivity contribution is -0.118. The van der Waals surface area contributed by atoms with Crippen LogP contribution in [0.4, 0.5) is 0 Å². The molecular weight excluding hydrogens is 188 g/mol. The summed E-state index contributed by atoms with van der Waals surface area (Å²) in [5.74, 6) is 0.198. The molecule has 0 aromatic carbocycles. The van der Waals surface area contributed by atoms with Crippen LogP contribution in [0.3, 0.4) is 0 Å². The molecule has 1 aromatic heterocycles. The molecule has 1 rings (SSSR count). The molecule has 2 N–H and O–H groups in total. The SMILES string of the molecule is CCCC(N)CC(=O)Cc1cccnc1. The van der Waals surface area contributed by atoms with Gasteiger partial charge in [0, 0.05) is 31.3 Å². The third-order valence-electron chi connectivity index (χ3n) is 2.27. The molecule has 82 valence electrons. The summed E-state index contributed by atoms with van der Waals surface area (Å²) in [6.07, 6.45) is 6.30. The summed E-state index contributed by atoms with van der Waals surface area (Å²) in [4.78, 5) is 15.6. The second kappa shape index (κ2) is 6.30. The Labute approximate surface area is 90.7 Å². The van der Waals surface area contributed by atoms with Gasteiger partial charge in [-0.3, -0.25) is 9.78 Å². The number of carbonyl (C=O) groups is 1. The van der Waals surface area contributed by atoms with Gasteiger partial charge < -0.3 is 5.73 Å². The van der Waals surface area contributed by atoms with Crippen LogP contribution >= 0.6 is 0 Å². The van der Waals surface area contributed by atoms with Crippen molar-refractivity contribution in [1.82, 2.24) is 4.98 Å². The predicted molar refractivity (Wildman–Crippen MR) is 60.4 cm³/mol. The van der Waals surface area contributed by atoms with Gasteiger partial charge in [0.1, 0.15) is 5.78 Å². The number of hydrogen-bond donors (Lipinski definition) is 1. The number of carbonyl (C=O) groups excluding carboxylic acids is 1. The van der Waals surface area contributed by atoms with E-state index >= 15 is 0 Å². The summed E-state index contributed by atoms with van der Waals surface area (Å²) in [7, 11) is 0. The van der Waals surface area contributed by atoms with E-state index in [1.165, 1.54) is 0 Å². The summed E-state index contributed by atoms with van der Waals surface area (Å²) < 4.78 is 0. The first-order valence-electron chi connectivity index (χ1n) is 5.38. The molecule has 1 atom stereocenters. The maximum absolute atomic E-state index is 11.6. The zero-order valence-corrected chi connectivity index (χ0v) is 9.15. The normalized spacial score (nSPS) is 12.4. The standard InChI is InChI=1S/C12H18N2O/c1-2-4-11(13)8-12(15)7-10-5-3-6-14-9-10/h3,5-6,9,11H,2,4,7-8,13H2,1H3. The Kier molecular flexibility index (Phi) is 4.98. The minimum atomic E-state index is 0.0131. The van der Waals surface area contributed by atoms with Crippen LogP contribution in [0.15, 0.2) is 24.5 Å². The number of pyridine rings is 1. The van der Waals surface area contributed by atoms with E-state index < -0.39 is 0 Å². The van der Waals surface area contributed by atoms with Gasteiger partial charge in [0.05, 0.1) is 0 Å². The van der Waals surface area contributed by atoms with Gasteiger partial charge in [-0.25, -0.2) is 0 Å². The summed E-state index contributed by atoms with van der Waals surface area (Å²) in [6.45, 7) is 2.07. The monoisotopic (exact) mass is 206 g/mol. The first kappa shape index (κ1) is 11.9. The number of nitrogens with zero attached hydrogens (tertiary/aromatic N) is 1. The van der Waals surface area contributed by atoms with Crippen molar-refractivity contribution in [2.75, 3.05) is 0 Å². The number of hydrogen-bond acceptors (Lipinski definition) is 3. The van der Waals surface area contributed by atoms with Crippen LogP contribution in [0.2, 0.25) is 0 Å². The average Bonchev–Trinajstić information content (AvgIpc) is 2.19. The Balaban J connectivity index is 2.36. The minimum Gasteiger partial charge on any atom is -0.327 e. The second-order valence-corrected chi connectivity index (χ2v) is 3.83. The van der Waals surface area contributed by atoms with Gasteiger partial charge in [-0.1, -0.05) is 19.4 Å². The van der Waals surface area contributed by atoms with E-state index in [1.807, 2.05) is 12.1 Å². The van der Waals surface area contributed by atoms with Gasteiger partial charge in [0.2, 0.25) is 0 Å². The van der Waals surface area contributed by atoms with Crippen molar-refractivity contribution in [2.45, 2.75) is 38.6 Å². The molecule has 1 unspecified atom stereocenters. The van der Waals surface area contributed by atoms with E-state index in [-0.39, 0.29) is 11.8 Å². The molecule has 0 aliphatic heterocycles. The van der Waals surface area contributed by atoms with Crippen molar-refractivity contribution < 1.29 is 4.79 Å². The first-order valence-corrected chi connectivity index (χ1v) is 5.38. The summed E-state index contributed by atoms with van der Waals surface area (Å²) >= 11 is 0. The highest BCUT2D eigenvalue weighted by atomic mass is 16.1. The average molecular weight is 206 g/mol. The van der Waals surface area contributed by atoms with Crippen molar-refractivity contribution in [3.05, 3.63) is 30.1 Å².